The minimum Gasteiger partial charge on any atom is -0.495 e. The zero-order valence-electron chi connectivity index (χ0n) is 31.4. The van der Waals surface area contributed by atoms with E-state index < -0.39 is 10.0 Å². The summed E-state index contributed by atoms with van der Waals surface area (Å²) < 4.78 is 48.2. The molecule has 12 nitrogen and oxygen atoms in total. The first kappa shape index (κ1) is 39.3. The van der Waals surface area contributed by atoms with Crippen LogP contribution >= 0.6 is 23.6 Å². The van der Waals surface area contributed by atoms with Crippen LogP contribution in [0.1, 0.15) is 78.6 Å². The second-order valence-corrected chi connectivity index (χ2v) is 18.3. The van der Waals surface area contributed by atoms with Crippen molar-refractivity contribution in [3.63, 3.8) is 0 Å². The van der Waals surface area contributed by atoms with E-state index in [-0.39, 0.29) is 26.9 Å². The van der Waals surface area contributed by atoms with E-state index in [1.54, 1.807) is 35.0 Å². The molecule has 0 saturated carbocycles. The third-order valence-electron chi connectivity index (χ3n) is 8.42. The van der Waals surface area contributed by atoms with E-state index in [1.807, 2.05) is 31.2 Å². The van der Waals surface area contributed by atoms with E-state index in [2.05, 4.69) is 80.8 Å². The molecular weight excluding hydrogens is 724 g/mol. The number of rotatable bonds is 13. The maximum Gasteiger partial charge on any atom is 0.265 e. The van der Waals surface area contributed by atoms with Crippen molar-refractivity contribution in [1.82, 2.24) is 19.8 Å². The Kier molecular flexibility index (Phi) is 11.2. The Hall–Kier alpha value is -3.95. The Labute approximate surface area is 315 Å². The number of nitrogens with zero attached hydrogens (tertiary/aromatic N) is 3. The van der Waals surface area contributed by atoms with Crippen molar-refractivity contribution in [2.45, 2.75) is 89.4 Å². The van der Waals surface area contributed by atoms with Crippen LogP contribution in [0.3, 0.4) is 0 Å². The third kappa shape index (κ3) is 8.80. The van der Waals surface area contributed by atoms with Gasteiger partial charge in [0.05, 0.1) is 48.2 Å². The Morgan fingerprint density at radius 2 is 1.62 bits per heavy atom. The van der Waals surface area contributed by atoms with Crippen molar-refractivity contribution in [1.29, 1.82) is 0 Å². The molecule has 5 rings (SSSR count). The van der Waals surface area contributed by atoms with E-state index in [0.29, 0.717) is 38.5 Å². The first-order valence-corrected chi connectivity index (χ1v) is 19.2. The number of aromatic nitrogens is 4. The molecule has 2 heterocycles. The highest BCUT2D eigenvalue weighted by molar-refractivity contribution is 7.94. The first-order valence-electron chi connectivity index (χ1n) is 16.6. The molecule has 0 saturated heterocycles. The number of fused-ring (bicyclic) bond motifs is 1. The van der Waals surface area contributed by atoms with Crippen LogP contribution in [0.5, 0.6) is 11.5 Å². The van der Waals surface area contributed by atoms with Crippen LogP contribution in [0.15, 0.2) is 64.4 Å². The number of anilines is 2. The number of sulfonamides is 1. The van der Waals surface area contributed by atoms with Crippen LogP contribution in [-0.2, 0) is 30.2 Å². The molecule has 0 aliphatic heterocycles. The fourth-order valence-electron chi connectivity index (χ4n) is 6.16. The van der Waals surface area contributed by atoms with Gasteiger partial charge in [0, 0.05) is 11.0 Å². The summed E-state index contributed by atoms with van der Waals surface area (Å²) in [5.41, 5.74) is 7.20. The lowest BCUT2D eigenvalue weighted by atomic mass is 9.72. The average Bonchev–Trinajstić information content (AvgIpc) is 3.61. The molecule has 3 aromatic carbocycles. The molecule has 0 amide bonds. The molecule has 5 aromatic rings. The van der Waals surface area contributed by atoms with Gasteiger partial charge in [0.1, 0.15) is 21.4 Å². The van der Waals surface area contributed by atoms with E-state index in [4.69, 9.17) is 30.4 Å². The lowest BCUT2D eigenvalue weighted by Gasteiger charge is -2.33. The van der Waals surface area contributed by atoms with Gasteiger partial charge in [-0.3, -0.25) is 9.82 Å². The molecule has 0 atom stereocenters. The number of methoxy groups -OCH3 is 2. The first-order chi connectivity index (χ1) is 24.2. The van der Waals surface area contributed by atoms with E-state index in [9.17, 15) is 8.42 Å². The third-order valence-corrected chi connectivity index (χ3v) is 10.8. The van der Waals surface area contributed by atoms with Crippen LogP contribution in [0.2, 0.25) is 5.02 Å². The molecule has 2 aromatic heterocycles. The highest BCUT2D eigenvalue weighted by Crippen LogP contribution is 2.40. The van der Waals surface area contributed by atoms with E-state index in [0.717, 1.165) is 40.8 Å². The second-order valence-electron chi connectivity index (χ2n) is 15.5. The van der Waals surface area contributed by atoms with Gasteiger partial charge in [0.15, 0.2) is 11.5 Å². The Balaban J connectivity index is 1.29. The lowest BCUT2D eigenvalue weighted by Crippen LogP contribution is -2.25. The number of aryl methyl sites for hydroxylation is 1. The largest absolute Gasteiger partial charge is 0.495 e. The summed E-state index contributed by atoms with van der Waals surface area (Å²) in [6.45, 7) is 18.8. The molecule has 0 aliphatic carbocycles. The number of aromatic amines is 1. The quantitative estimate of drug-likeness (QED) is 0.0459. The van der Waals surface area contributed by atoms with Gasteiger partial charge in [-0.1, -0.05) is 85.2 Å². The van der Waals surface area contributed by atoms with Crippen LogP contribution < -0.4 is 19.7 Å². The average molecular weight is 771 g/mol. The lowest BCUT2D eigenvalue weighted by molar-refractivity contribution is -0.161. The van der Waals surface area contributed by atoms with E-state index in [1.165, 1.54) is 14.2 Å². The molecule has 0 spiro atoms. The van der Waals surface area contributed by atoms with Crippen LogP contribution in [-0.4, -0.2) is 42.4 Å². The Morgan fingerprint density at radius 3 is 2.25 bits per heavy atom. The number of hydrogen-bond donors (Lipinski definition) is 3. The van der Waals surface area contributed by atoms with Gasteiger partial charge in [0.2, 0.25) is 0 Å². The Bertz CT molecular complexity index is 2180. The molecule has 0 aliphatic rings. The summed E-state index contributed by atoms with van der Waals surface area (Å²) in [5, 5.41) is 8.34. The zero-order valence-corrected chi connectivity index (χ0v) is 33.8. The van der Waals surface area contributed by atoms with Gasteiger partial charge < -0.3 is 9.47 Å². The fourth-order valence-corrected chi connectivity index (χ4v) is 8.40. The molecule has 0 unspecified atom stereocenters. The summed E-state index contributed by atoms with van der Waals surface area (Å²) in [7, 11) is -1.10. The summed E-state index contributed by atoms with van der Waals surface area (Å²) in [6, 6.07) is 15.8. The van der Waals surface area contributed by atoms with Gasteiger partial charge in [-0.2, -0.15) is 4.63 Å². The maximum absolute atomic E-state index is 13.8. The van der Waals surface area contributed by atoms with Crippen molar-refractivity contribution in [2.75, 3.05) is 24.4 Å². The maximum atomic E-state index is 13.8. The number of nitrogens with one attached hydrogen (secondary N) is 3. The molecule has 52 heavy (non-hydrogen) atoms. The van der Waals surface area contributed by atoms with Gasteiger partial charge >= 0.3 is 0 Å². The van der Waals surface area contributed by atoms with Crippen molar-refractivity contribution in [3.8, 4) is 22.9 Å². The number of ether oxygens (including phenoxy) is 2. The number of halogens is 1. The van der Waals surface area contributed by atoms with Crippen molar-refractivity contribution in [2.24, 2.45) is 5.41 Å². The molecule has 3 N–H and O–H groups in total. The van der Waals surface area contributed by atoms with Crippen LogP contribution in [0.25, 0.3) is 17.0 Å². The van der Waals surface area contributed by atoms with Gasteiger partial charge in [0.25, 0.3) is 10.0 Å². The van der Waals surface area contributed by atoms with Gasteiger partial charge in [-0.05, 0) is 71.7 Å². The summed E-state index contributed by atoms with van der Waals surface area (Å²) in [4.78, 5) is 10.5. The predicted octanol–water partition coefficient (Wildman–Crippen LogP) is 9.50. The normalized spacial score (nSPS) is 12.7. The molecular formula is C37H47ClN6O6S2. The molecule has 0 radical (unpaired) electrons. The monoisotopic (exact) mass is 770 g/mol. The zero-order chi connectivity index (χ0) is 38.2. The molecule has 280 valence electrons. The van der Waals surface area contributed by atoms with Gasteiger partial charge in [-0.15, -0.1) is 14.4 Å². The van der Waals surface area contributed by atoms with E-state index >= 15 is 0 Å². The van der Waals surface area contributed by atoms with Crippen molar-refractivity contribution < 1.29 is 27.2 Å². The van der Waals surface area contributed by atoms with Crippen LogP contribution in [0.4, 0.5) is 11.4 Å². The van der Waals surface area contributed by atoms with Crippen molar-refractivity contribution in [3.05, 3.63) is 76.4 Å². The second kappa shape index (κ2) is 14.8. The van der Waals surface area contributed by atoms with Crippen molar-refractivity contribution >= 4 is 50.7 Å². The smallest absolute Gasteiger partial charge is 0.265 e. The topological polar surface area (TPSA) is 141 Å². The molecule has 15 heteroatoms. The van der Waals surface area contributed by atoms with Crippen LogP contribution in [0, 0.1) is 12.3 Å². The Morgan fingerprint density at radius 1 is 0.923 bits per heavy atom. The molecule has 0 bridgehead atoms. The predicted molar refractivity (Wildman–Crippen MR) is 207 cm³/mol. The van der Waals surface area contributed by atoms with Gasteiger partial charge in [-0.25, -0.2) is 18.9 Å². The SMILES string of the molecule is COc1ccc(NS(=O)(=O)c2cc(C(C)(C)CC(C)(C)C)ccc2OC)cc1SOONc1cc(-c2nc3c(Cl)c(C(C)(C)C)[nH]n3n2)ccc1C. The summed E-state index contributed by atoms with van der Waals surface area (Å²) in [5.74, 6) is 1.18. The highest BCUT2D eigenvalue weighted by atomic mass is 35.5. The number of hydrogen-bond acceptors (Lipinski definition) is 10. The fraction of sp³-hybridized carbons (Fsp3) is 0.405. The summed E-state index contributed by atoms with van der Waals surface area (Å²) >= 11 is 7.47. The number of benzene rings is 3. The molecule has 0 fully saturated rings. The number of H-pyrrole nitrogens is 1. The minimum atomic E-state index is -4.06. The summed E-state index contributed by atoms with van der Waals surface area (Å²) in [6.07, 6.45) is 0.854. The highest BCUT2D eigenvalue weighted by Gasteiger charge is 2.30. The minimum absolute atomic E-state index is 0.0433. The standard InChI is InChI=1S/C37H47ClN6O6S2/c1-22-12-13-23(33-39-34-31(38)32(36(5,6)7)40-44(34)41-33)18-26(22)42-49-50-51-29-20-25(15-17-27(29)47-10)43-52(45,46)30-19-24(14-16-28(30)48-11)37(8,9)21-35(2,3)4/h12-20,40,42-43H,21H2,1-11H3.